The van der Waals surface area contributed by atoms with E-state index in [0.29, 0.717) is 34.3 Å². The number of hydrogen-bond acceptors (Lipinski definition) is 3. The predicted molar refractivity (Wildman–Crippen MR) is 126 cm³/mol. The average Bonchev–Trinajstić information content (AvgIpc) is 3.17. The van der Waals surface area contributed by atoms with Crippen molar-refractivity contribution in [3.63, 3.8) is 0 Å². The van der Waals surface area contributed by atoms with Crippen molar-refractivity contribution in [1.82, 2.24) is 9.88 Å². The number of aromatic nitrogens is 1. The Kier molecular flexibility index (Phi) is 5.64. The fraction of sp³-hybridized carbons (Fsp3) is 0.160. The van der Waals surface area contributed by atoms with Crippen LogP contribution in [-0.2, 0) is 6.42 Å². The van der Waals surface area contributed by atoms with Crippen LogP contribution in [0.15, 0.2) is 60.7 Å². The molecule has 0 aliphatic carbocycles. The lowest BCUT2D eigenvalue weighted by atomic mass is 9.92. The minimum Gasteiger partial charge on any atom is -0.494 e. The Balaban J connectivity index is 1.60. The van der Waals surface area contributed by atoms with Crippen molar-refractivity contribution in [3.8, 4) is 11.5 Å². The SMILES string of the molecule is COc1ccc(C2c3[nH]c4ccc(Cl)cc4c3CCN2C(=O)Oc2ccc(Cl)cc2)cc1F. The minimum absolute atomic E-state index is 0.133. The maximum atomic E-state index is 14.7. The molecule has 3 aromatic carbocycles. The fourth-order valence-electron chi connectivity index (χ4n) is 4.32. The van der Waals surface area contributed by atoms with Gasteiger partial charge >= 0.3 is 6.09 Å². The van der Waals surface area contributed by atoms with Crippen LogP contribution >= 0.6 is 23.2 Å². The van der Waals surface area contributed by atoms with Crippen LogP contribution in [0.4, 0.5) is 9.18 Å². The lowest BCUT2D eigenvalue weighted by Gasteiger charge is -2.35. The van der Waals surface area contributed by atoms with Crippen LogP contribution in [0.3, 0.4) is 0 Å². The van der Waals surface area contributed by atoms with E-state index in [4.69, 9.17) is 32.7 Å². The quantitative estimate of drug-likeness (QED) is 0.349. The number of H-pyrrole nitrogens is 1. The van der Waals surface area contributed by atoms with Crippen molar-refractivity contribution < 1.29 is 18.7 Å². The molecule has 0 saturated carbocycles. The molecule has 1 aromatic heterocycles. The van der Waals surface area contributed by atoms with Gasteiger partial charge in [0, 0.05) is 33.2 Å². The van der Waals surface area contributed by atoms with Crippen molar-refractivity contribution in [1.29, 1.82) is 0 Å². The molecule has 33 heavy (non-hydrogen) atoms. The van der Waals surface area contributed by atoms with Crippen LogP contribution in [0.25, 0.3) is 10.9 Å². The van der Waals surface area contributed by atoms with Gasteiger partial charge in [-0.15, -0.1) is 0 Å². The second-order valence-electron chi connectivity index (χ2n) is 7.77. The van der Waals surface area contributed by atoms with Gasteiger partial charge in [0.1, 0.15) is 11.8 Å². The first kappa shape index (κ1) is 21.6. The highest BCUT2D eigenvalue weighted by atomic mass is 35.5. The highest BCUT2D eigenvalue weighted by molar-refractivity contribution is 6.31. The van der Waals surface area contributed by atoms with Crippen molar-refractivity contribution in [3.05, 3.63) is 93.3 Å². The summed E-state index contributed by atoms with van der Waals surface area (Å²) in [7, 11) is 1.41. The van der Waals surface area contributed by atoms with Gasteiger partial charge in [-0.1, -0.05) is 29.3 Å². The number of aromatic amines is 1. The van der Waals surface area contributed by atoms with E-state index in [0.717, 1.165) is 22.2 Å². The van der Waals surface area contributed by atoms with E-state index in [2.05, 4.69) is 4.98 Å². The van der Waals surface area contributed by atoms with Gasteiger partial charge in [-0.05, 0) is 72.1 Å². The Morgan fingerprint density at radius 1 is 1.06 bits per heavy atom. The molecule has 1 aliphatic rings. The fourth-order valence-corrected chi connectivity index (χ4v) is 4.62. The molecule has 8 heteroatoms. The largest absolute Gasteiger partial charge is 0.494 e. The molecule has 0 bridgehead atoms. The highest BCUT2D eigenvalue weighted by Gasteiger charge is 2.36. The molecule has 0 fully saturated rings. The molecule has 0 saturated heterocycles. The number of rotatable bonds is 3. The smallest absolute Gasteiger partial charge is 0.416 e. The molecule has 5 rings (SSSR count). The van der Waals surface area contributed by atoms with Gasteiger partial charge in [-0.2, -0.15) is 0 Å². The van der Waals surface area contributed by atoms with Gasteiger partial charge < -0.3 is 14.5 Å². The molecule has 2 heterocycles. The third-order valence-corrected chi connectivity index (χ3v) is 6.32. The maximum Gasteiger partial charge on any atom is 0.416 e. The molecule has 5 nitrogen and oxygen atoms in total. The maximum absolute atomic E-state index is 14.7. The Morgan fingerprint density at radius 2 is 1.82 bits per heavy atom. The molecule has 1 unspecified atom stereocenters. The molecule has 0 radical (unpaired) electrons. The van der Waals surface area contributed by atoms with E-state index in [-0.39, 0.29) is 5.75 Å². The van der Waals surface area contributed by atoms with E-state index in [1.807, 2.05) is 12.1 Å². The normalized spacial score (nSPS) is 15.4. The number of nitrogens with one attached hydrogen (secondary N) is 1. The summed E-state index contributed by atoms with van der Waals surface area (Å²) in [6.45, 7) is 0.386. The van der Waals surface area contributed by atoms with Gasteiger partial charge in [0.15, 0.2) is 11.6 Å². The number of methoxy groups -OCH3 is 1. The summed E-state index contributed by atoms with van der Waals surface area (Å²) in [4.78, 5) is 18.2. The highest BCUT2D eigenvalue weighted by Crippen LogP contribution is 2.40. The molecule has 4 aromatic rings. The lowest BCUT2D eigenvalue weighted by molar-refractivity contribution is 0.135. The number of ether oxygens (including phenoxy) is 2. The Morgan fingerprint density at radius 3 is 2.55 bits per heavy atom. The van der Waals surface area contributed by atoms with E-state index >= 15 is 0 Å². The number of carbonyl (C=O) groups excluding carboxylic acids is 1. The third kappa shape index (κ3) is 4.01. The van der Waals surface area contributed by atoms with Crippen LogP contribution in [0.1, 0.15) is 22.9 Å². The first-order valence-corrected chi connectivity index (χ1v) is 11.1. The zero-order valence-corrected chi connectivity index (χ0v) is 19.1. The first-order valence-electron chi connectivity index (χ1n) is 10.3. The number of carbonyl (C=O) groups is 1. The number of hydrogen-bond donors (Lipinski definition) is 1. The zero-order valence-electron chi connectivity index (χ0n) is 17.6. The van der Waals surface area contributed by atoms with E-state index in [1.54, 1.807) is 47.4 Å². The third-order valence-electron chi connectivity index (χ3n) is 5.83. The molecule has 1 amide bonds. The van der Waals surface area contributed by atoms with Gasteiger partial charge in [0.2, 0.25) is 0 Å². The minimum atomic E-state index is -0.583. The molecule has 1 aliphatic heterocycles. The van der Waals surface area contributed by atoms with Crippen molar-refractivity contribution >= 4 is 40.2 Å². The Labute approximate surface area is 199 Å². The summed E-state index contributed by atoms with van der Waals surface area (Å²) in [5.74, 6) is -0.000845. The molecular weight excluding hydrogens is 466 g/mol. The lowest BCUT2D eigenvalue weighted by Crippen LogP contribution is -2.42. The van der Waals surface area contributed by atoms with E-state index in [9.17, 15) is 9.18 Å². The average molecular weight is 485 g/mol. The number of nitrogens with zero attached hydrogens (tertiary/aromatic N) is 1. The van der Waals surface area contributed by atoms with Gasteiger partial charge in [-0.25, -0.2) is 9.18 Å². The van der Waals surface area contributed by atoms with Crippen LogP contribution in [-0.4, -0.2) is 29.6 Å². The summed E-state index contributed by atoms with van der Waals surface area (Å²) in [5.41, 5.74) is 3.34. The molecule has 168 valence electrons. The van der Waals surface area contributed by atoms with Crippen LogP contribution in [0.5, 0.6) is 11.5 Å². The second kappa shape index (κ2) is 8.61. The Bertz CT molecular complexity index is 1350. The van der Waals surface area contributed by atoms with Gasteiger partial charge in [0.05, 0.1) is 7.11 Å². The monoisotopic (exact) mass is 484 g/mol. The number of halogens is 3. The topological polar surface area (TPSA) is 54.6 Å². The molecule has 1 N–H and O–H groups in total. The second-order valence-corrected chi connectivity index (χ2v) is 8.64. The van der Waals surface area contributed by atoms with E-state index < -0.39 is 18.0 Å². The summed E-state index contributed by atoms with van der Waals surface area (Å²) < 4.78 is 25.3. The summed E-state index contributed by atoms with van der Waals surface area (Å²) in [5, 5.41) is 2.16. The first-order chi connectivity index (χ1) is 15.9. The molecule has 1 atom stereocenters. The number of fused-ring (bicyclic) bond motifs is 3. The van der Waals surface area contributed by atoms with Crippen molar-refractivity contribution in [2.45, 2.75) is 12.5 Å². The van der Waals surface area contributed by atoms with Gasteiger partial charge in [-0.3, -0.25) is 4.90 Å². The van der Waals surface area contributed by atoms with E-state index in [1.165, 1.54) is 13.2 Å². The molecular formula is C25H19Cl2FN2O3. The standard InChI is InChI=1S/C25H19Cl2FN2O3/c1-32-22-9-2-14(12-20(22)28)24-23-18(19-13-16(27)5-8-21(19)29-23)10-11-30(24)25(31)33-17-6-3-15(26)4-7-17/h2-9,12-13,24,29H,10-11H2,1H3. The van der Waals surface area contributed by atoms with Crippen molar-refractivity contribution in [2.75, 3.05) is 13.7 Å². The van der Waals surface area contributed by atoms with Gasteiger partial charge in [0.25, 0.3) is 0 Å². The van der Waals surface area contributed by atoms with Crippen molar-refractivity contribution in [2.24, 2.45) is 0 Å². The van der Waals surface area contributed by atoms with Crippen LogP contribution < -0.4 is 9.47 Å². The summed E-state index contributed by atoms with van der Waals surface area (Å²) >= 11 is 12.2. The Hall–Kier alpha value is -3.22. The van der Waals surface area contributed by atoms with Crippen LogP contribution in [0, 0.1) is 5.82 Å². The number of benzene rings is 3. The predicted octanol–water partition coefficient (Wildman–Crippen LogP) is 6.77. The zero-order chi connectivity index (χ0) is 23.1. The summed E-state index contributed by atoms with van der Waals surface area (Å²) in [6.07, 6.45) is 0.0569. The number of amides is 1. The van der Waals surface area contributed by atoms with Crippen LogP contribution in [0.2, 0.25) is 10.0 Å². The molecule has 0 spiro atoms. The summed E-state index contributed by atoms with van der Waals surface area (Å²) in [6, 6.07) is 16.3.